The van der Waals surface area contributed by atoms with Crippen molar-refractivity contribution in [2.45, 2.75) is 33.6 Å². The van der Waals surface area contributed by atoms with Crippen LogP contribution in [0.25, 0.3) is 0 Å². The number of ether oxygens (including phenoxy) is 1. The standard InChI is InChI=1S/C16H26N2O3/c1-15(2)12-4-5-16(15,3)14(20)18(13(12)19)7-6-17-8-10-21-11-9-17/h12H,4-11H2,1-3H3/p+1/t12-,16+/m1/s1. The van der Waals surface area contributed by atoms with Crippen molar-refractivity contribution in [1.29, 1.82) is 0 Å². The first kappa shape index (κ1) is 15.0. The SMILES string of the molecule is CC1(C)[C@@H]2CC[C@@]1(C)C(=O)N(CC[NH+]1CCOCC1)C2=O. The fourth-order valence-corrected chi connectivity index (χ4v) is 4.29. The average molecular weight is 295 g/mol. The summed E-state index contributed by atoms with van der Waals surface area (Å²) in [5, 5.41) is 0. The summed E-state index contributed by atoms with van der Waals surface area (Å²) in [6, 6.07) is 0. The van der Waals surface area contributed by atoms with Crippen LogP contribution in [-0.4, -0.2) is 56.1 Å². The van der Waals surface area contributed by atoms with Gasteiger partial charge in [0.2, 0.25) is 11.8 Å². The van der Waals surface area contributed by atoms with Gasteiger partial charge in [0, 0.05) is 5.92 Å². The molecule has 0 unspecified atom stereocenters. The fraction of sp³-hybridized carbons (Fsp3) is 0.875. The number of piperidine rings is 1. The number of imide groups is 1. The Balaban J connectivity index is 1.72. The van der Waals surface area contributed by atoms with Gasteiger partial charge in [0.1, 0.15) is 13.1 Å². The summed E-state index contributed by atoms with van der Waals surface area (Å²) in [6.45, 7) is 11.2. The summed E-state index contributed by atoms with van der Waals surface area (Å²) >= 11 is 0. The summed E-state index contributed by atoms with van der Waals surface area (Å²) in [4.78, 5) is 28.6. The molecule has 5 nitrogen and oxygen atoms in total. The van der Waals surface area contributed by atoms with Gasteiger partial charge in [0.25, 0.3) is 0 Å². The van der Waals surface area contributed by atoms with E-state index in [9.17, 15) is 9.59 Å². The third kappa shape index (κ3) is 2.13. The topological polar surface area (TPSA) is 51.1 Å². The molecule has 0 radical (unpaired) electrons. The molecule has 0 spiro atoms. The zero-order valence-electron chi connectivity index (χ0n) is 13.4. The Morgan fingerprint density at radius 3 is 2.57 bits per heavy atom. The number of quaternary nitrogens is 1. The molecule has 5 heteroatoms. The molecule has 1 aliphatic carbocycles. The Kier molecular flexibility index (Phi) is 3.61. The van der Waals surface area contributed by atoms with Crippen molar-refractivity contribution < 1.29 is 19.2 Å². The third-order valence-electron chi connectivity index (χ3n) is 6.40. The Morgan fingerprint density at radius 1 is 1.24 bits per heavy atom. The van der Waals surface area contributed by atoms with Crippen LogP contribution in [0, 0.1) is 16.7 Å². The van der Waals surface area contributed by atoms with Gasteiger partial charge >= 0.3 is 0 Å². The number of fused-ring (bicyclic) bond motifs is 2. The van der Waals surface area contributed by atoms with Crippen molar-refractivity contribution in [3.63, 3.8) is 0 Å². The molecule has 2 heterocycles. The minimum Gasteiger partial charge on any atom is -0.370 e. The first-order chi connectivity index (χ1) is 9.88. The van der Waals surface area contributed by atoms with Crippen LogP contribution in [0.15, 0.2) is 0 Å². The summed E-state index contributed by atoms with van der Waals surface area (Å²) in [7, 11) is 0. The zero-order valence-corrected chi connectivity index (χ0v) is 13.4. The van der Waals surface area contributed by atoms with E-state index in [4.69, 9.17) is 4.74 Å². The first-order valence-electron chi connectivity index (χ1n) is 8.15. The quantitative estimate of drug-likeness (QED) is 0.728. The molecule has 2 saturated heterocycles. The molecular weight excluding hydrogens is 268 g/mol. The normalized spacial score (nSPS) is 36.3. The third-order valence-corrected chi connectivity index (χ3v) is 6.40. The number of hydrogen-bond donors (Lipinski definition) is 1. The van der Waals surface area contributed by atoms with Gasteiger partial charge in [-0.25, -0.2) is 0 Å². The Labute approximate surface area is 126 Å². The van der Waals surface area contributed by atoms with E-state index in [0.717, 1.165) is 45.7 Å². The Bertz CT molecular complexity index is 456. The minimum atomic E-state index is -0.369. The van der Waals surface area contributed by atoms with Crippen molar-refractivity contribution in [2.75, 3.05) is 39.4 Å². The maximum Gasteiger partial charge on any atom is 0.235 e. The molecule has 3 aliphatic rings. The van der Waals surface area contributed by atoms with Gasteiger partial charge in [-0.05, 0) is 18.3 Å². The van der Waals surface area contributed by atoms with Gasteiger partial charge in [-0.15, -0.1) is 0 Å². The molecule has 1 saturated carbocycles. The average Bonchev–Trinajstić information content (AvgIpc) is 2.65. The van der Waals surface area contributed by atoms with E-state index in [1.165, 1.54) is 4.90 Å². The molecule has 3 fully saturated rings. The van der Waals surface area contributed by atoms with E-state index in [0.29, 0.717) is 6.54 Å². The van der Waals surface area contributed by atoms with Gasteiger partial charge in [-0.2, -0.15) is 0 Å². The summed E-state index contributed by atoms with van der Waals surface area (Å²) in [5.41, 5.74) is -0.574. The summed E-state index contributed by atoms with van der Waals surface area (Å²) < 4.78 is 5.35. The van der Waals surface area contributed by atoms with E-state index < -0.39 is 0 Å². The molecule has 2 atom stereocenters. The van der Waals surface area contributed by atoms with Crippen LogP contribution < -0.4 is 4.90 Å². The van der Waals surface area contributed by atoms with E-state index >= 15 is 0 Å². The van der Waals surface area contributed by atoms with Crippen molar-refractivity contribution in [3.05, 3.63) is 0 Å². The smallest absolute Gasteiger partial charge is 0.235 e. The second-order valence-electron chi connectivity index (χ2n) is 7.55. The van der Waals surface area contributed by atoms with Crippen LogP contribution in [-0.2, 0) is 14.3 Å². The van der Waals surface area contributed by atoms with Crippen LogP contribution in [0.5, 0.6) is 0 Å². The lowest BCUT2D eigenvalue weighted by Gasteiger charge is -2.47. The molecule has 1 N–H and O–H groups in total. The fourth-order valence-electron chi connectivity index (χ4n) is 4.29. The van der Waals surface area contributed by atoms with Crippen molar-refractivity contribution in [1.82, 2.24) is 4.90 Å². The summed E-state index contributed by atoms with van der Waals surface area (Å²) in [6.07, 6.45) is 1.70. The van der Waals surface area contributed by atoms with E-state index in [-0.39, 0.29) is 28.6 Å². The number of hydrogen-bond acceptors (Lipinski definition) is 3. The monoisotopic (exact) mass is 295 g/mol. The number of rotatable bonds is 3. The van der Waals surface area contributed by atoms with Gasteiger partial charge in [0.05, 0.1) is 31.7 Å². The highest BCUT2D eigenvalue weighted by Crippen LogP contribution is 2.59. The van der Waals surface area contributed by atoms with Crippen LogP contribution in [0.4, 0.5) is 0 Å². The molecule has 2 aliphatic heterocycles. The van der Waals surface area contributed by atoms with Crippen molar-refractivity contribution in [2.24, 2.45) is 16.7 Å². The lowest BCUT2D eigenvalue weighted by molar-refractivity contribution is -0.907. The van der Waals surface area contributed by atoms with Crippen molar-refractivity contribution in [3.8, 4) is 0 Å². The van der Waals surface area contributed by atoms with Gasteiger partial charge in [-0.3, -0.25) is 14.5 Å². The van der Waals surface area contributed by atoms with Crippen LogP contribution in [0.2, 0.25) is 0 Å². The number of carbonyl (C=O) groups is 2. The molecule has 2 amide bonds. The molecule has 0 aromatic rings. The number of nitrogens with one attached hydrogen (secondary N) is 1. The number of likely N-dealkylation sites (tertiary alicyclic amines) is 1. The lowest BCUT2D eigenvalue weighted by Crippen LogP contribution is -3.14. The molecule has 21 heavy (non-hydrogen) atoms. The molecule has 3 rings (SSSR count). The number of amides is 2. The lowest BCUT2D eigenvalue weighted by atomic mass is 9.62. The molecule has 0 aromatic heterocycles. The second kappa shape index (κ2) is 5.06. The van der Waals surface area contributed by atoms with Crippen LogP contribution in [0.1, 0.15) is 33.6 Å². The van der Waals surface area contributed by atoms with Crippen LogP contribution in [0.3, 0.4) is 0 Å². The minimum absolute atomic E-state index is 0.0138. The first-order valence-corrected chi connectivity index (χ1v) is 8.15. The van der Waals surface area contributed by atoms with E-state index in [1.807, 2.05) is 0 Å². The Hall–Kier alpha value is -0.940. The highest BCUT2D eigenvalue weighted by atomic mass is 16.5. The predicted octanol–water partition coefficient (Wildman–Crippen LogP) is -0.287. The van der Waals surface area contributed by atoms with E-state index in [2.05, 4.69) is 20.8 Å². The maximum absolute atomic E-state index is 12.9. The number of nitrogens with zero attached hydrogens (tertiary/aromatic N) is 1. The predicted molar refractivity (Wildman–Crippen MR) is 77.7 cm³/mol. The molecular formula is C16H27N2O3+. The van der Waals surface area contributed by atoms with Crippen molar-refractivity contribution >= 4 is 11.8 Å². The molecule has 2 bridgehead atoms. The van der Waals surface area contributed by atoms with Gasteiger partial charge < -0.3 is 9.64 Å². The highest BCUT2D eigenvalue weighted by Gasteiger charge is 2.64. The van der Waals surface area contributed by atoms with Gasteiger partial charge in [0.15, 0.2) is 0 Å². The molecule has 118 valence electrons. The number of morpholine rings is 1. The molecule has 0 aromatic carbocycles. The van der Waals surface area contributed by atoms with Crippen LogP contribution >= 0.6 is 0 Å². The van der Waals surface area contributed by atoms with E-state index in [1.54, 1.807) is 4.90 Å². The zero-order chi connectivity index (χ0) is 15.3. The highest BCUT2D eigenvalue weighted by molar-refractivity contribution is 6.03. The maximum atomic E-state index is 12.9. The summed E-state index contributed by atoms with van der Waals surface area (Å²) in [5.74, 6) is 0.131. The second-order valence-corrected chi connectivity index (χ2v) is 7.55. The van der Waals surface area contributed by atoms with Gasteiger partial charge in [-0.1, -0.05) is 20.8 Å². The largest absolute Gasteiger partial charge is 0.370 e. The number of carbonyl (C=O) groups excluding carboxylic acids is 2. The Morgan fingerprint density at radius 2 is 1.90 bits per heavy atom.